The zero-order valence-corrected chi connectivity index (χ0v) is 19.8. The first-order chi connectivity index (χ1) is 16.0. The molecule has 3 aromatic carbocycles. The van der Waals surface area contributed by atoms with Crippen LogP contribution in [0.5, 0.6) is 11.5 Å². The average molecular weight is 444 g/mol. The molecule has 0 aromatic heterocycles. The van der Waals surface area contributed by atoms with Gasteiger partial charge >= 0.3 is 0 Å². The van der Waals surface area contributed by atoms with E-state index in [0.29, 0.717) is 0 Å². The number of rotatable bonds is 8. The number of hydrogen-bond donors (Lipinski definition) is 0. The molecule has 0 saturated carbocycles. The highest BCUT2D eigenvalue weighted by Crippen LogP contribution is 2.49. The minimum Gasteiger partial charge on any atom is -0.545 e. The zero-order valence-electron chi connectivity index (χ0n) is 19.8. The molecule has 0 N–H and O–H groups in total. The number of benzene rings is 3. The fourth-order valence-electron chi connectivity index (χ4n) is 4.83. The molecular formula is C28H31N2O3-. The minimum absolute atomic E-state index is 0.210. The third-order valence-corrected chi connectivity index (χ3v) is 6.59. The monoisotopic (exact) mass is 443 g/mol. The number of hydrogen-bond acceptors (Lipinski definition) is 5. The molecule has 33 heavy (non-hydrogen) atoms. The van der Waals surface area contributed by atoms with Gasteiger partial charge in [-0.15, -0.1) is 0 Å². The average Bonchev–Trinajstić information content (AvgIpc) is 2.84. The fraction of sp³-hybridized carbons (Fsp3) is 0.321. The van der Waals surface area contributed by atoms with Gasteiger partial charge in [-0.3, -0.25) is 0 Å². The smallest absolute Gasteiger partial charge is 0.133 e. The first kappa shape index (κ1) is 22.7. The molecule has 172 valence electrons. The van der Waals surface area contributed by atoms with E-state index in [2.05, 4.69) is 73.9 Å². The van der Waals surface area contributed by atoms with Crippen molar-refractivity contribution in [3.05, 3.63) is 82.9 Å². The number of anilines is 2. The number of carbonyl (C=O) groups is 1. The van der Waals surface area contributed by atoms with Crippen molar-refractivity contribution in [2.45, 2.75) is 33.6 Å². The van der Waals surface area contributed by atoms with Crippen molar-refractivity contribution in [2.75, 3.05) is 36.0 Å². The molecule has 0 spiro atoms. The number of aromatic carboxylic acids is 1. The molecule has 0 aliphatic carbocycles. The molecule has 1 heterocycles. The number of carboxylic acids is 1. The van der Waals surface area contributed by atoms with Crippen molar-refractivity contribution in [1.82, 2.24) is 0 Å². The van der Waals surface area contributed by atoms with Gasteiger partial charge in [-0.2, -0.15) is 0 Å². The van der Waals surface area contributed by atoms with Crippen LogP contribution in [0.25, 0.3) is 0 Å². The van der Waals surface area contributed by atoms with Gasteiger partial charge in [0.05, 0.1) is 5.97 Å². The molecule has 1 aliphatic heterocycles. The molecule has 5 nitrogen and oxygen atoms in total. The predicted octanol–water partition coefficient (Wildman–Crippen LogP) is 5.03. The van der Waals surface area contributed by atoms with E-state index in [1.165, 1.54) is 0 Å². The lowest BCUT2D eigenvalue weighted by Gasteiger charge is -2.32. The SMILES string of the molecule is CCN(CC)c1ccc2c(c1)Oc1cc(N(CC)CC)ccc1C2c1ccccc1C(=O)[O-]. The highest BCUT2D eigenvalue weighted by molar-refractivity contribution is 5.88. The Bertz CT molecular complexity index is 1090. The van der Waals surface area contributed by atoms with Gasteiger partial charge in [0.2, 0.25) is 0 Å². The van der Waals surface area contributed by atoms with E-state index in [4.69, 9.17) is 4.74 Å². The van der Waals surface area contributed by atoms with Crippen molar-refractivity contribution in [1.29, 1.82) is 0 Å². The Hall–Kier alpha value is -3.47. The molecule has 0 unspecified atom stereocenters. The molecular weight excluding hydrogens is 412 g/mol. The van der Waals surface area contributed by atoms with Gasteiger partial charge < -0.3 is 24.4 Å². The largest absolute Gasteiger partial charge is 0.545 e. The summed E-state index contributed by atoms with van der Waals surface area (Å²) in [5.74, 6) is 0.109. The predicted molar refractivity (Wildman–Crippen MR) is 132 cm³/mol. The Kier molecular flexibility index (Phi) is 6.59. The van der Waals surface area contributed by atoms with Gasteiger partial charge in [0.25, 0.3) is 0 Å². The summed E-state index contributed by atoms with van der Waals surface area (Å²) in [4.78, 5) is 16.5. The van der Waals surface area contributed by atoms with Crippen LogP contribution in [0.2, 0.25) is 0 Å². The minimum atomic E-state index is -1.17. The second-order valence-electron chi connectivity index (χ2n) is 8.20. The van der Waals surface area contributed by atoms with Gasteiger partial charge in [-0.1, -0.05) is 36.4 Å². The standard InChI is InChI=1S/C28H32N2O3/c1-5-29(6-2)19-13-15-23-25(17-19)33-26-18-20(30(7-3)8-4)14-16-24(26)27(23)21-11-9-10-12-22(21)28(31)32/h9-18,27H,5-8H2,1-4H3,(H,31,32)/p-1. The Morgan fingerprint density at radius 2 is 1.24 bits per heavy atom. The third kappa shape index (κ3) is 4.15. The molecule has 4 rings (SSSR count). The van der Waals surface area contributed by atoms with Crippen molar-refractivity contribution in [2.24, 2.45) is 0 Å². The summed E-state index contributed by atoms with van der Waals surface area (Å²) in [5.41, 5.74) is 5.03. The normalized spacial score (nSPS) is 12.5. The van der Waals surface area contributed by atoms with Crippen molar-refractivity contribution in [3.63, 3.8) is 0 Å². The van der Waals surface area contributed by atoms with Crippen molar-refractivity contribution >= 4 is 17.3 Å². The van der Waals surface area contributed by atoms with Gasteiger partial charge in [0, 0.05) is 72.3 Å². The molecule has 3 aromatic rings. The van der Waals surface area contributed by atoms with Crippen molar-refractivity contribution < 1.29 is 14.6 Å². The van der Waals surface area contributed by atoms with Gasteiger partial charge in [0.1, 0.15) is 11.5 Å². The van der Waals surface area contributed by atoms with Crippen LogP contribution in [0.15, 0.2) is 60.7 Å². The van der Waals surface area contributed by atoms with Gasteiger partial charge in [-0.05, 0) is 45.4 Å². The van der Waals surface area contributed by atoms with E-state index in [1.807, 2.05) is 12.1 Å². The maximum atomic E-state index is 12.0. The fourth-order valence-corrected chi connectivity index (χ4v) is 4.83. The Labute approximate surface area is 196 Å². The zero-order chi connectivity index (χ0) is 23.5. The van der Waals surface area contributed by atoms with Crippen LogP contribution in [0.1, 0.15) is 60.7 Å². The van der Waals surface area contributed by atoms with E-state index in [0.717, 1.165) is 65.7 Å². The van der Waals surface area contributed by atoms with Gasteiger partial charge in [0.15, 0.2) is 0 Å². The summed E-state index contributed by atoms with van der Waals surface area (Å²) in [6.45, 7) is 12.1. The van der Waals surface area contributed by atoms with E-state index >= 15 is 0 Å². The summed E-state index contributed by atoms with van der Waals surface area (Å²) < 4.78 is 6.47. The summed E-state index contributed by atoms with van der Waals surface area (Å²) in [6.07, 6.45) is 0. The van der Waals surface area contributed by atoms with E-state index in [9.17, 15) is 9.90 Å². The van der Waals surface area contributed by atoms with Crippen LogP contribution in [0.4, 0.5) is 11.4 Å². The number of ether oxygens (including phenoxy) is 1. The second kappa shape index (κ2) is 9.57. The lowest BCUT2D eigenvalue weighted by Crippen LogP contribution is -2.26. The molecule has 0 atom stereocenters. The number of carbonyl (C=O) groups excluding carboxylic acids is 1. The molecule has 5 heteroatoms. The first-order valence-corrected chi connectivity index (χ1v) is 11.8. The Balaban J connectivity index is 1.92. The van der Waals surface area contributed by atoms with Crippen LogP contribution in [-0.4, -0.2) is 32.1 Å². The summed E-state index contributed by atoms with van der Waals surface area (Å²) in [7, 11) is 0. The van der Waals surface area contributed by atoms with E-state index < -0.39 is 5.97 Å². The van der Waals surface area contributed by atoms with Crippen LogP contribution in [0, 0.1) is 0 Å². The summed E-state index contributed by atoms with van der Waals surface area (Å²) in [6, 6.07) is 19.6. The summed E-state index contributed by atoms with van der Waals surface area (Å²) in [5, 5.41) is 12.0. The topological polar surface area (TPSA) is 55.8 Å². The molecule has 0 amide bonds. The van der Waals surface area contributed by atoms with E-state index in [1.54, 1.807) is 12.1 Å². The molecule has 0 saturated heterocycles. The maximum absolute atomic E-state index is 12.0. The molecule has 0 fully saturated rings. The van der Waals surface area contributed by atoms with E-state index in [-0.39, 0.29) is 11.5 Å². The van der Waals surface area contributed by atoms with Crippen LogP contribution < -0.4 is 19.6 Å². The van der Waals surface area contributed by atoms with Crippen LogP contribution in [0.3, 0.4) is 0 Å². The Morgan fingerprint density at radius 3 is 1.70 bits per heavy atom. The van der Waals surface area contributed by atoms with Crippen LogP contribution in [-0.2, 0) is 0 Å². The lowest BCUT2D eigenvalue weighted by molar-refractivity contribution is -0.255. The first-order valence-electron chi connectivity index (χ1n) is 11.8. The Morgan fingerprint density at radius 1 is 0.758 bits per heavy atom. The maximum Gasteiger partial charge on any atom is 0.133 e. The lowest BCUT2D eigenvalue weighted by atomic mass is 9.80. The summed E-state index contributed by atoms with van der Waals surface area (Å²) >= 11 is 0. The molecule has 1 aliphatic rings. The number of fused-ring (bicyclic) bond motifs is 2. The quantitative estimate of drug-likeness (QED) is 0.382. The highest BCUT2D eigenvalue weighted by atomic mass is 16.5. The van der Waals surface area contributed by atoms with Gasteiger partial charge in [-0.25, -0.2) is 0 Å². The highest BCUT2D eigenvalue weighted by Gasteiger charge is 2.31. The number of nitrogens with zero attached hydrogens (tertiary/aromatic N) is 2. The molecule has 0 radical (unpaired) electrons. The second-order valence-corrected chi connectivity index (χ2v) is 8.20. The number of carboxylic acid groups (broad SMARTS) is 1. The third-order valence-electron chi connectivity index (χ3n) is 6.59. The van der Waals surface area contributed by atoms with Crippen molar-refractivity contribution in [3.8, 4) is 11.5 Å². The van der Waals surface area contributed by atoms with Crippen LogP contribution >= 0.6 is 0 Å². The molecule has 0 bridgehead atoms.